The molecule has 6 nitrogen and oxygen atoms in total. The Labute approximate surface area is 140 Å². The smallest absolute Gasteiger partial charge is 0.281 e. The van der Waals surface area contributed by atoms with E-state index in [0.717, 1.165) is 4.88 Å². The van der Waals surface area contributed by atoms with Gasteiger partial charge in [-0.1, -0.05) is 11.6 Å². The molecular weight excluding hydrogens is 346 g/mol. The van der Waals surface area contributed by atoms with Crippen molar-refractivity contribution in [2.75, 3.05) is 40.3 Å². The van der Waals surface area contributed by atoms with Crippen molar-refractivity contribution >= 4 is 39.1 Å². The zero-order valence-corrected chi connectivity index (χ0v) is 15.0. The maximum Gasteiger partial charge on any atom is 0.281 e. The molecule has 1 amide bonds. The van der Waals surface area contributed by atoms with Crippen molar-refractivity contribution < 1.29 is 13.2 Å². The molecule has 124 valence electrons. The predicted molar refractivity (Wildman–Crippen MR) is 88.4 cm³/mol. The van der Waals surface area contributed by atoms with Crippen LogP contribution < -0.4 is 0 Å². The maximum absolute atomic E-state index is 12.3. The lowest BCUT2D eigenvalue weighted by Gasteiger charge is -2.24. The van der Waals surface area contributed by atoms with E-state index >= 15 is 0 Å². The van der Waals surface area contributed by atoms with Gasteiger partial charge in [-0.15, -0.1) is 11.3 Å². The first-order valence-electron chi connectivity index (χ1n) is 7.00. The van der Waals surface area contributed by atoms with Crippen LogP contribution in [0.4, 0.5) is 0 Å². The normalized spacial score (nSPS) is 17.7. The monoisotopic (exact) mass is 365 g/mol. The predicted octanol–water partition coefficient (Wildman–Crippen LogP) is 1.28. The quantitative estimate of drug-likeness (QED) is 0.807. The first kappa shape index (κ1) is 17.7. The Morgan fingerprint density at radius 3 is 2.59 bits per heavy atom. The molecule has 0 radical (unpaired) electrons. The molecule has 2 rings (SSSR count). The summed E-state index contributed by atoms with van der Waals surface area (Å²) in [7, 11) is -0.380. The third-order valence-corrected chi connectivity index (χ3v) is 6.72. The fraction of sp³-hybridized carbons (Fsp3) is 0.615. The molecule has 1 aliphatic rings. The highest BCUT2D eigenvalue weighted by molar-refractivity contribution is 7.86. The number of halogens is 1. The van der Waals surface area contributed by atoms with Gasteiger partial charge in [0.05, 0.1) is 10.8 Å². The standard InChI is InChI=1S/C13H20ClN3O3S2/c1-15(2)22(19,20)17-7-3-6-16(8-9-17)13(18)10-11-4-5-12(14)21-11/h4-5H,3,6-10H2,1-2H3. The van der Waals surface area contributed by atoms with Crippen LogP contribution in [0.1, 0.15) is 11.3 Å². The highest BCUT2D eigenvalue weighted by atomic mass is 35.5. The average molecular weight is 366 g/mol. The van der Waals surface area contributed by atoms with Crippen molar-refractivity contribution in [2.24, 2.45) is 0 Å². The van der Waals surface area contributed by atoms with E-state index in [-0.39, 0.29) is 5.91 Å². The Kier molecular flexibility index (Phi) is 5.84. The van der Waals surface area contributed by atoms with Gasteiger partial charge in [0.1, 0.15) is 0 Å². The van der Waals surface area contributed by atoms with E-state index in [9.17, 15) is 13.2 Å². The van der Waals surface area contributed by atoms with Gasteiger partial charge in [0.15, 0.2) is 0 Å². The van der Waals surface area contributed by atoms with Crippen LogP contribution in [0.15, 0.2) is 12.1 Å². The highest BCUT2D eigenvalue weighted by Gasteiger charge is 2.28. The lowest BCUT2D eigenvalue weighted by atomic mass is 10.3. The summed E-state index contributed by atoms with van der Waals surface area (Å²) < 4.78 is 27.6. The number of carbonyl (C=O) groups excluding carboxylic acids is 1. The van der Waals surface area contributed by atoms with E-state index in [1.54, 1.807) is 11.0 Å². The minimum absolute atomic E-state index is 0.0163. The Hall–Kier alpha value is -0.670. The van der Waals surface area contributed by atoms with Crippen molar-refractivity contribution in [3.63, 3.8) is 0 Å². The maximum atomic E-state index is 12.3. The third kappa shape index (κ3) is 4.20. The highest BCUT2D eigenvalue weighted by Crippen LogP contribution is 2.22. The Morgan fingerprint density at radius 2 is 2.00 bits per heavy atom. The van der Waals surface area contributed by atoms with Crippen LogP contribution in [0, 0.1) is 0 Å². The van der Waals surface area contributed by atoms with Crippen LogP contribution >= 0.6 is 22.9 Å². The molecule has 1 aromatic rings. The number of hydrogen-bond acceptors (Lipinski definition) is 4. The summed E-state index contributed by atoms with van der Waals surface area (Å²) in [6.45, 7) is 1.77. The topological polar surface area (TPSA) is 60.9 Å². The summed E-state index contributed by atoms with van der Waals surface area (Å²) in [5.74, 6) is 0.0163. The lowest BCUT2D eigenvalue weighted by molar-refractivity contribution is -0.130. The Bertz CT molecular complexity index is 630. The van der Waals surface area contributed by atoms with E-state index in [1.807, 2.05) is 6.07 Å². The minimum Gasteiger partial charge on any atom is -0.341 e. The molecule has 0 unspecified atom stereocenters. The van der Waals surface area contributed by atoms with Gasteiger partial charge in [-0.2, -0.15) is 17.0 Å². The number of thiophene rings is 1. The molecule has 9 heteroatoms. The van der Waals surface area contributed by atoms with Gasteiger partial charge < -0.3 is 4.90 Å². The molecule has 0 saturated carbocycles. The van der Waals surface area contributed by atoms with Crippen molar-refractivity contribution in [3.8, 4) is 0 Å². The Balaban J connectivity index is 1.96. The van der Waals surface area contributed by atoms with Gasteiger partial charge in [-0.3, -0.25) is 4.79 Å². The molecule has 1 fully saturated rings. The van der Waals surface area contributed by atoms with Crippen LogP contribution in [-0.4, -0.2) is 68.1 Å². The van der Waals surface area contributed by atoms with Gasteiger partial charge in [0.25, 0.3) is 10.2 Å². The first-order chi connectivity index (χ1) is 10.3. The molecule has 0 atom stereocenters. The largest absolute Gasteiger partial charge is 0.341 e. The number of hydrogen-bond donors (Lipinski definition) is 0. The molecular formula is C13H20ClN3O3S2. The van der Waals surface area contributed by atoms with Gasteiger partial charge in [-0.25, -0.2) is 0 Å². The fourth-order valence-corrected chi connectivity index (χ4v) is 4.53. The fourth-order valence-electron chi connectivity index (χ4n) is 2.31. The van der Waals surface area contributed by atoms with E-state index in [2.05, 4.69) is 0 Å². The molecule has 1 aliphatic heterocycles. The summed E-state index contributed by atoms with van der Waals surface area (Å²) in [4.78, 5) is 15.0. The lowest BCUT2D eigenvalue weighted by Crippen LogP contribution is -2.42. The molecule has 0 aliphatic carbocycles. The van der Waals surface area contributed by atoms with Crippen LogP contribution in [0.2, 0.25) is 4.34 Å². The molecule has 0 spiro atoms. The van der Waals surface area contributed by atoms with Gasteiger partial charge in [0.2, 0.25) is 5.91 Å². The summed E-state index contributed by atoms with van der Waals surface area (Å²) in [6.07, 6.45) is 0.960. The van der Waals surface area contributed by atoms with Crippen molar-refractivity contribution in [1.82, 2.24) is 13.5 Å². The van der Waals surface area contributed by atoms with E-state index in [1.165, 1.54) is 34.0 Å². The second-order valence-electron chi connectivity index (χ2n) is 5.31. The molecule has 0 N–H and O–H groups in total. The zero-order chi connectivity index (χ0) is 16.3. The van der Waals surface area contributed by atoms with Crippen molar-refractivity contribution in [3.05, 3.63) is 21.3 Å². The summed E-state index contributed by atoms with van der Waals surface area (Å²) >= 11 is 7.27. The number of nitrogens with zero attached hydrogens (tertiary/aromatic N) is 3. The molecule has 2 heterocycles. The molecule has 1 aromatic heterocycles. The van der Waals surface area contributed by atoms with Gasteiger partial charge >= 0.3 is 0 Å². The van der Waals surface area contributed by atoms with E-state index in [0.29, 0.717) is 43.4 Å². The summed E-state index contributed by atoms with van der Waals surface area (Å²) in [6, 6.07) is 3.63. The van der Waals surface area contributed by atoms with Crippen molar-refractivity contribution in [2.45, 2.75) is 12.8 Å². The number of rotatable bonds is 4. The second-order valence-corrected chi connectivity index (χ2v) is 9.25. The van der Waals surface area contributed by atoms with Crippen LogP contribution in [-0.2, 0) is 21.4 Å². The first-order valence-corrected chi connectivity index (χ1v) is 9.59. The number of amides is 1. The molecule has 1 saturated heterocycles. The van der Waals surface area contributed by atoms with Crippen molar-refractivity contribution in [1.29, 1.82) is 0 Å². The van der Waals surface area contributed by atoms with Crippen LogP contribution in [0.25, 0.3) is 0 Å². The second kappa shape index (κ2) is 7.27. The number of carbonyl (C=O) groups is 1. The third-order valence-electron chi connectivity index (χ3n) is 3.55. The molecule has 0 aromatic carbocycles. The molecule has 0 bridgehead atoms. The summed E-state index contributed by atoms with van der Waals surface area (Å²) in [5, 5.41) is 0. The Morgan fingerprint density at radius 1 is 1.27 bits per heavy atom. The summed E-state index contributed by atoms with van der Waals surface area (Å²) in [5.41, 5.74) is 0. The van der Waals surface area contributed by atoms with Crippen LogP contribution in [0.5, 0.6) is 0 Å². The SMILES string of the molecule is CN(C)S(=O)(=O)N1CCCN(C(=O)Cc2ccc(Cl)s2)CC1. The average Bonchev–Trinajstić information content (AvgIpc) is 2.72. The van der Waals surface area contributed by atoms with Gasteiger partial charge in [0, 0.05) is 45.2 Å². The zero-order valence-electron chi connectivity index (χ0n) is 12.7. The molecule has 22 heavy (non-hydrogen) atoms. The van der Waals surface area contributed by atoms with Gasteiger partial charge in [-0.05, 0) is 18.6 Å². The van der Waals surface area contributed by atoms with Crippen LogP contribution in [0.3, 0.4) is 0 Å². The van der Waals surface area contributed by atoms with E-state index < -0.39 is 10.2 Å². The van der Waals surface area contributed by atoms with E-state index in [4.69, 9.17) is 11.6 Å². The minimum atomic E-state index is -3.41.